The lowest BCUT2D eigenvalue weighted by molar-refractivity contribution is 0.0145. The Bertz CT molecular complexity index is 510. The van der Waals surface area contributed by atoms with Crippen molar-refractivity contribution in [2.75, 3.05) is 20.2 Å². The first-order valence-corrected chi connectivity index (χ1v) is 8.28. The average molecular weight is 308 g/mol. The summed E-state index contributed by atoms with van der Waals surface area (Å²) in [5.74, 6) is 0.383. The number of rotatable bonds is 1. The fourth-order valence-corrected chi connectivity index (χ4v) is 3.31. The molecule has 0 saturated carbocycles. The number of methoxy groups -OCH3 is 1. The van der Waals surface area contributed by atoms with Gasteiger partial charge in [-0.15, -0.1) is 5.10 Å². The van der Waals surface area contributed by atoms with Gasteiger partial charge >= 0.3 is 0 Å². The van der Waals surface area contributed by atoms with Crippen LogP contribution in [0, 0.1) is 5.92 Å². The normalized spacial score (nSPS) is 24.7. The summed E-state index contributed by atoms with van der Waals surface area (Å²) in [6.45, 7) is 17.7. The van der Waals surface area contributed by atoms with E-state index in [0.29, 0.717) is 5.92 Å². The number of aromatic nitrogens is 3. The van der Waals surface area contributed by atoms with Crippen molar-refractivity contribution < 1.29 is 4.74 Å². The Balaban J connectivity index is 2.46. The fourth-order valence-electron chi connectivity index (χ4n) is 3.31. The van der Waals surface area contributed by atoms with E-state index in [1.165, 1.54) is 5.69 Å². The first-order valence-electron chi connectivity index (χ1n) is 8.28. The lowest BCUT2D eigenvalue weighted by atomic mass is 9.93. The second-order valence-corrected chi connectivity index (χ2v) is 8.50. The van der Waals surface area contributed by atoms with E-state index >= 15 is 0 Å². The lowest BCUT2D eigenvalue weighted by Gasteiger charge is -2.40. The number of hydrogen-bond donors (Lipinski definition) is 0. The summed E-state index contributed by atoms with van der Waals surface area (Å²) in [5, 5.41) is 8.92. The lowest BCUT2D eigenvalue weighted by Crippen LogP contribution is -2.47. The minimum absolute atomic E-state index is 0.0104. The second-order valence-electron chi connectivity index (χ2n) is 8.50. The molecule has 2 unspecified atom stereocenters. The van der Waals surface area contributed by atoms with Crippen LogP contribution in [-0.4, -0.2) is 45.6 Å². The van der Waals surface area contributed by atoms with Crippen LogP contribution < -0.4 is 0 Å². The molecule has 126 valence electrons. The van der Waals surface area contributed by atoms with Gasteiger partial charge in [0.25, 0.3) is 0 Å². The van der Waals surface area contributed by atoms with E-state index in [0.717, 1.165) is 25.2 Å². The zero-order valence-electron chi connectivity index (χ0n) is 15.5. The van der Waals surface area contributed by atoms with E-state index in [1.54, 1.807) is 7.11 Å². The number of ether oxygens (including phenoxy) is 1. The van der Waals surface area contributed by atoms with Crippen molar-refractivity contribution in [3.63, 3.8) is 0 Å². The molecule has 0 N–H and O–H groups in total. The molecule has 2 atom stereocenters. The van der Waals surface area contributed by atoms with Crippen LogP contribution in [0.1, 0.15) is 66.0 Å². The van der Waals surface area contributed by atoms with Crippen LogP contribution in [0.2, 0.25) is 0 Å². The zero-order valence-corrected chi connectivity index (χ0v) is 15.5. The van der Waals surface area contributed by atoms with Crippen molar-refractivity contribution in [2.45, 2.75) is 72.1 Å². The van der Waals surface area contributed by atoms with E-state index in [4.69, 9.17) is 4.74 Å². The van der Waals surface area contributed by atoms with Gasteiger partial charge in [-0.1, -0.05) is 12.1 Å². The molecular weight excluding hydrogens is 276 g/mol. The van der Waals surface area contributed by atoms with E-state index in [2.05, 4.69) is 68.4 Å². The summed E-state index contributed by atoms with van der Waals surface area (Å²) in [6.07, 6.45) is 0.972. The monoisotopic (exact) mass is 308 g/mol. The maximum Gasteiger partial charge on any atom is 0.115 e. The highest BCUT2D eigenvalue weighted by Crippen LogP contribution is 2.33. The quantitative estimate of drug-likeness (QED) is 0.800. The predicted molar refractivity (Wildman–Crippen MR) is 89.0 cm³/mol. The smallest absolute Gasteiger partial charge is 0.115 e. The van der Waals surface area contributed by atoms with Gasteiger partial charge < -0.3 is 4.74 Å². The van der Waals surface area contributed by atoms with Gasteiger partial charge in [-0.25, -0.2) is 4.68 Å². The van der Waals surface area contributed by atoms with Crippen molar-refractivity contribution in [1.82, 2.24) is 19.9 Å². The van der Waals surface area contributed by atoms with E-state index in [1.807, 2.05) is 0 Å². The molecule has 0 aliphatic carbocycles. The SMILES string of the molecule is COC1c2nnn(C(C)(C)C)c2CCN(C(C)(C)C)CC1C. The van der Waals surface area contributed by atoms with Crippen molar-refractivity contribution in [1.29, 1.82) is 0 Å². The number of fused-ring (bicyclic) bond motifs is 1. The predicted octanol–water partition coefficient (Wildman–Crippen LogP) is 3.01. The van der Waals surface area contributed by atoms with Gasteiger partial charge in [-0.05, 0) is 41.5 Å². The Hall–Kier alpha value is -0.940. The van der Waals surface area contributed by atoms with Gasteiger partial charge in [0.15, 0.2) is 0 Å². The number of hydrogen-bond acceptors (Lipinski definition) is 4. The molecule has 0 aromatic carbocycles. The molecule has 22 heavy (non-hydrogen) atoms. The molecule has 5 heteroatoms. The van der Waals surface area contributed by atoms with Crippen molar-refractivity contribution in [3.8, 4) is 0 Å². The zero-order chi connectivity index (χ0) is 16.7. The molecule has 0 fully saturated rings. The van der Waals surface area contributed by atoms with Crippen LogP contribution in [0.15, 0.2) is 0 Å². The summed E-state index contributed by atoms with van der Waals surface area (Å²) in [4.78, 5) is 2.55. The standard InChI is InChI=1S/C17H32N4O/c1-12-11-20(16(2,3)4)10-9-13-14(15(12)22-8)18-19-21(13)17(5,6)7/h12,15H,9-11H2,1-8H3. The van der Waals surface area contributed by atoms with Gasteiger partial charge in [0.05, 0.1) is 11.2 Å². The molecular formula is C17H32N4O. The van der Waals surface area contributed by atoms with Crippen LogP contribution in [0.5, 0.6) is 0 Å². The summed E-state index contributed by atoms with van der Waals surface area (Å²) in [7, 11) is 1.78. The Kier molecular flexibility index (Phi) is 4.69. The van der Waals surface area contributed by atoms with Crippen LogP contribution in [-0.2, 0) is 16.7 Å². The largest absolute Gasteiger partial charge is 0.375 e. The summed E-state index contributed by atoms with van der Waals surface area (Å²) >= 11 is 0. The van der Waals surface area contributed by atoms with Gasteiger partial charge in [0.1, 0.15) is 11.8 Å². The Morgan fingerprint density at radius 1 is 1.09 bits per heavy atom. The molecule has 0 amide bonds. The third kappa shape index (κ3) is 3.35. The molecule has 5 nitrogen and oxygen atoms in total. The van der Waals surface area contributed by atoms with Crippen LogP contribution >= 0.6 is 0 Å². The average Bonchev–Trinajstić information content (AvgIpc) is 2.75. The number of nitrogens with zero attached hydrogens (tertiary/aromatic N) is 4. The van der Waals surface area contributed by atoms with E-state index in [9.17, 15) is 0 Å². The fraction of sp³-hybridized carbons (Fsp3) is 0.882. The Morgan fingerprint density at radius 3 is 2.23 bits per heavy atom. The van der Waals surface area contributed by atoms with Crippen LogP contribution in [0.3, 0.4) is 0 Å². The molecule has 0 radical (unpaired) electrons. The molecule has 2 rings (SSSR count). The molecule has 1 aliphatic rings. The highest BCUT2D eigenvalue weighted by atomic mass is 16.5. The molecule has 0 spiro atoms. The molecule has 1 aromatic heterocycles. The van der Waals surface area contributed by atoms with E-state index < -0.39 is 0 Å². The third-order valence-electron chi connectivity index (χ3n) is 4.54. The Morgan fingerprint density at radius 2 is 1.73 bits per heavy atom. The minimum atomic E-state index is -0.0616. The summed E-state index contributed by atoms with van der Waals surface area (Å²) < 4.78 is 7.89. The van der Waals surface area contributed by atoms with Gasteiger partial charge in [0, 0.05) is 38.1 Å². The highest BCUT2D eigenvalue weighted by molar-refractivity contribution is 5.18. The molecule has 0 saturated heterocycles. The second kappa shape index (κ2) is 5.93. The van der Waals surface area contributed by atoms with Crippen LogP contribution in [0.25, 0.3) is 0 Å². The van der Waals surface area contributed by atoms with Crippen molar-refractivity contribution in [3.05, 3.63) is 11.4 Å². The van der Waals surface area contributed by atoms with E-state index in [-0.39, 0.29) is 17.2 Å². The Labute approximate surface area is 135 Å². The minimum Gasteiger partial charge on any atom is -0.375 e. The maximum absolute atomic E-state index is 5.81. The maximum atomic E-state index is 5.81. The van der Waals surface area contributed by atoms with Crippen LogP contribution in [0.4, 0.5) is 0 Å². The van der Waals surface area contributed by atoms with Gasteiger partial charge in [-0.2, -0.15) is 0 Å². The third-order valence-corrected chi connectivity index (χ3v) is 4.54. The van der Waals surface area contributed by atoms with Gasteiger partial charge in [-0.3, -0.25) is 4.90 Å². The van der Waals surface area contributed by atoms with Crippen molar-refractivity contribution in [2.24, 2.45) is 5.92 Å². The molecule has 0 bridgehead atoms. The summed E-state index contributed by atoms with van der Waals surface area (Å²) in [5.41, 5.74) is 2.34. The molecule has 1 aliphatic heterocycles. The first-order chi connectivity index (χ1) is 10.1. The van der Waals surface area contributed by atoms with Crippen molar-refractivity contribution >= 4 is 0 Å². The summed E-state index contributed by atoms with van der Waals surface area (Å²) in [6, 6.07) is 0. The molecule has 1 aromatic rings. The highest BCUT2D eigenvalue weighted by Gasteiger charge is 2.35. The van der Waals surface area contributed by atoms with Gasteiger partial charge in [0.2, 0.25) is 0 Å². The first kappa shape index (κ1) is 17.4. The topological polar surface area (TPSA) is 43.2 Å². The molecule has 2 heterocycles.